The topological polar surface area (TPSA) is 78.4 Å². The van der Waals surface area contributed by atoms with Gasteiger partial charge in [0.2, 0.25) is 11.0 Å². The predicted octanol–water partition coefficient (Wildman–Crippen LogP) is 3.55. The van der Waals surface area contributed by atoms with Crippen LogP contribution in [0, 0.1) is 13.8 Å². The van der Waals surface area contributed by atoms with Crippen molar-refractivity contribution >= 4 is 34.1 Å². The van der Waals surface area contributed by atoms with Crippen LogP contribution >= 0.6 is 11.3 Å². The SMILES string of the molecule is CCN(CC)C(=O)Nc1nnc(C2CC(=O)N(c3cc(C)cc(C)c3)C2)s1. The number of aryl methyl sites for hydroxylation is 2. The highest BCUT2D eigenvalue weighted by Crippen LogP contribution is 2.34. The van der Waals surface area contributed by atoms with Gasteiger partial charge in [-0.2, -0.15) is 0 Å². The molecule has 1 saturated heterocycles. The van der Waals surface area contributed by atoms with Crippen molar-refractivity contribution in [3.8, 4) is 0 Å². The molecule has 3 amide bonds. The van der Waals surface area contributed by atoms with Gasteiger partial charge in [0.15, 0.2) is 0 Å². The van der Waals surface area contributed by atoms with Crippen LogP contribution < -0.4 is 10.2 Å². The zero-order chi connectivity index (χ0) is 19.6. The van der Waals surface area contributed by atoms with Crippen LogP contribution in [-0.2, 0) is 4.79 Å². The van der Waals surface area contributed by atoms with Crippen molar-refractivity contribution in [3.05, 3.63) is 34.3 Å². The van der Waals surface area contributed by atoms with E-state index < -0.39 is 0 Å². The summed E-state index contributed by atoms with van der Waals surface area (Å²) in [6.45, 7) is 9.78. The fourth-order valence-corrected chi connectivity index (χ4v) is 4.18. The van der Waals surface area contributed by atoms with E-state index in [-0.39, 0.29) is 17.9 Å². The Morgan fingerprint density at radius 3 is 2.52 bits per heavy atom. The number of aromatic nitrogens is 2. The van der Waals surface area contributed by atoms with Gasteiger partial charge in [0.05, 0.1) is 0 Å². The Balaban J connectivity index is 1.71. The van der Waals surface area contributed by atoms with E-state index in [1.807, 2.05) is 44.7 Å². The molecule has 27 heavy (non-hydrogen) atoms. The summed E-state index contributed by atoms with van der Waals surface area (Å²) < 4.78 is 0. The summed E-state index contributed by atoms with van der Waals surface area (Å²) in [5, 5.41) is 12.3. The number of amides is 3. The second-order valence-corrected chi connectivity index (χ2v) is 7.81. The van der Waals surface area contributed by atoms with Crippen LogP contribution in [0.2, 0.25) is 0 Å². The minimum atomic E-state index is -0.179. The number of carbonyl (C=O) groups is 2. The molecule has 1 aromatic carbocycles. The van der Waals surface area contributed by atoms with E-state index in [1.54, 1.807) is 4.90 Å². The molecule has 1 aliphatic rings. The van der Waals surface area contributed by atoms with Crippen LogP contribution in [0.1, 0.15) is 42.3 Å². The van der Waals surface area contributed by atoms with Crippen LogP contribution in [0.4, 0.5) is 15.6 Å². The Hall–Kier alpha value is -2.48. The number of carbonyl (C=O) groups excluding carboxylic acids is 2. The third kappa shape index (κ3) is 4.27. The Kier molecular flexibility index (Phi) is 5.74. The van der Waals surface area contributed by atoms with Gasteiger partial charge in [-0.25, -0.2) is 4.79 Å². The van der Waals surface area contributed by atoms with Gasteiger partial charge < -0.3 is 9.80 Å². The van der Waals surface area contributed by atoms with E-state index in [4.69, 9.17) is 0 Å². The number of benzene rings is 1. The highest BCUT2D eigenvalue weighted by molar-refractivity contribution is 7.15. The number of anilines is 2. The summed E-state index contributed by atoms with van der Waals surface area (Å²) >= 11 is 1.34. The van der Waals surface area contributed by atoms with Crippen molar-refractivity contribution in [3.63, 3.8) is 0 Å². The molecule has 2 aromatic rings. The summed E-state index contributed by atoms with van der Waals surface area (Å²) in [5.41, 5.74) is 3.21. The second-order valence-electron chi connectivity index (χ2n) is 6.80. The molecule has 0 spiro atoms. The van der Waals surface area contributed by atoms with E-state index in [0.29, 0.717) is 31.2 Å². The minimum absolute atomic E-state index is 0.00470. The monoisotopic (exact) mass is 387 g/mol. The molecule has 0 bridgehead atoms. The van der Waals surface area contributed by atoms with Crippen molar-refractivity contribution in [1.82, 2.24) is 15.1 Å². The number of hydrogen-bond donors (Lipinski definition) is 1. The summed E-state index contributed by atoms with van der Waals surface area (Å²) in [7, 11) is 0. The third-order valence-electron chi connectivity index (χ3n) is 4.70. The molecule has 144 valence electrons. The number of nitrogens with zero attached hydrogens (tertiary/aromatic N) is 4. The van der Waals surface area contributed by atoms with Gasteiger partial charge in [-0.15, -0.1) is 10.2 Å². The van der Waals surface area contributed by atoms with E-state index in [0.717, 1.165) is 21.8 Å². The molecule has 1 N–H and O–H groups in total. The second kappa shape index (κ2) is 8.04. The Morgan fingerprint density at radius 1 is 1.22 bits per heavy atom. The van der Waals surface area contributed by atoms with E-state index in [2.05, 4.69) is 21.6 Å². The molecule has 0 aliphatic carbocycles. The molecular formula is C19H25N5O2S. The van der Waals surface area contributed by atoms with Crippen molar-refractivity contribution in [1.29, 1.82) is 0 Å². The van der Waals surface area contributed by atoms with Gasteiger partial charge in [-0.1, -0.05) is 17.4 Å². The quantitative estimate of drug-likeness (QED) is 0.851. The first-order valence-electron chi connectivity index (χ1n) is 9.19. The number of nitrogens with one attached hydrogen (secondary N) is 1. The normalized spacial score (nSPS) is 16.7. The fourth-order valence-electron chi connectivity index (χ4n) is 3.36. The van der Waals surface area contributed by atoms with Crippen LogP contribution in [0.25, 0.3) is 0 Å². The zero-order valence-electron chi connectivity index (χ0n) is 16.2. The van der Waals surface area contributed by atoms with Crippen molar-refractivity contribution in [2.75, 3.05) is 29.9 Å². The molecule has 8 heteroatoms. The highest BCUT2D eigenvalue weighted by atomic mass is 32.1. The van der Waals surface area contributed by atoms with E-state index in [1.165, 1.54) is 11.3 Å². The number of hydrogen-bond acceptors (Lipinski definition) is 5. The first kappa shape index (κ1) is 19.3. The summed E-state index contributed by atoms with van der Waals surface area (Å²) in [4.78, 5) is 28.2. The molecule has 3 rings (SSSR count). The summed E-state index contributed by atoms with van der Waals surface area (Å²) in [6, 6.07) is 5.98. The highest BCUT2D eigenvalue weighted by Gasteiger charge is 2.34. The molecule has 1 aromatic heterocycles. The number of rotatable bonds is 5. The van der Waals surface area contributed by atoms with Crippen molar-refractivity contribution < 1.29 is 9.59 Å². The first-order chi connectivity index (χ1) is 12.9. The van der Waals surface area contributed by atoms with Gasteiger partial charge in [0, 0.05) is 37.7 Å². The van der Waals surface area contributed by atoms with Crippen molar-refractivity contribution in [2.45, 2.75) is 40.0 Å². The van der Waals surface area contributed by atoms with Gasteiger partial charge >= 0.3 is 6.03 Å². The molecule has 0 saturated carbocycles. The van der Waals surface area contributed by atoms with E-state index >= 15 is 0 Å². The Morgan fingerprint density at radius 2 is 1.89 bits per heavy atom. The maximum Gasteiger partial charge on any atom is 0.323 e. The maximum absolute atomic E-state index is 12.5. The maximum atomic E-state index is 12.5. The molecule has 1 aliphatic heterocycles. The number of urea groups is 1. The molecule has 0 radical (unpaired) electrons. The molecule has 2 heterocycles. The zero-order valence-corrected chi connectivity index (χ0v) is 17.0. The molecular weight excluding hydrogens is 362 g/mol. The van der Waals surface area contributed by atoms with Crippen LogP contribution in [0.5, 0.6) is 0 Å². The first-order valence-corrected chi connectivity index (χ1v) is 10.0. The Bertz CT molecular complexity index is 826. The average molecular weight is 388 g/mol. The smallest absolute Gasteiger partial charge is 0.323 e. The molecule has 1 fully saturated rings. The third-order valence-corrected chi connectivity index (χ3v) is 5.70. The fraction of sp³-hybridized carbons (Fsp3) is 0.474. The molecule has 7 nitrogen and oxygen atoms in total. The van der Waals surface area contributed by atoms with Crippen LogP contribution in [0.15, 0.2) is 18.2 Å². The van der Waals surface area contributed by atoms with Crippen LogP contribution in [-0.4, -0.2) is 46.7 Å². The van der Waals surface area contributed by atoms with Crippen LogP contribution in [0.3, 0.4) is 0 Å². The van der Waals surface area contributed by atoms with E-state index in [9.17, 15) is 9.59 Å². The lowest BCUT2D eigenvalue weighted by Crippen LogP contribution is -2.34. The Labute approximate surface area is 163 Å². The lowest BCUT2D eigenvalue weighted by Gasteiger charge is -2.18. The summed E-state index contributed by atoms with van der Waals surface area (Å²) in [6.07, 6.45) is 0.408. The predicted molar refractivity (Wildman–Crippen MR) is 107 cm³/mol. The minimum Gasteiger partial charge on any atom is -0.325 e. The standard InChI is InChI=1S/C19H25N5O2S/c1-5-23(6-2)19(26)20-18-22-21-17(27-18)14-10-16(25)24(11-14)15-8-12(3)7-13(4)9-15/h7-9,14H,5-6,10-11H2,1-4H3,(H,20,22,26). The molecule has 1 unspecified atom stereocenters. The van der Waals surface area contributed by atoms with Gasteiger partial charge in [-0.05, 0) is 51.0 Å². The van der Waals surface area contributed by atoms with Gasteiger partial charge in [0.1, 0.15) is 5.01 Å². The van der Waals surface area contributed by atoms with Gasteiger partial charge in [-0.3, -0.25) is 10.1 Å². The lowest BCUT2D eigenvalue weighted by atomic mass is 10.1. The largest absolute Gasteiger partial charge is 0.325 e. The lowest BCUT2D eigenvalue weighted by molar-refractivity contribution is -0.117. The molecule has 1 atom stereocenters. The van der Waals surface area contributed by atoms with Crippen molar-refractivity contribution in [2.24, 2.45) is 0 Å². The van der Waals surface area contributed by atoms with Gasteiger partial charge in [0.25, 0.3) is 0 Å². The average Bonchev–Trinajstić information content (AvgIpc) is 3.21. The summed E-state index contributed by atoms with van der Waals surface area (Å²) in [5.74, 6) is 0.0869.